The van der Waals surface area contributed by atoms with Gasteiger partial charge in [-0.05, 0) is 45.4 Å². The highest BCUT2D eigenvalue weighted by Gasteiger charge is 2.29. The second-order valence-electron chi connectivity index (χ2n) is 5.91. The van der Waals surface area contributed by atoms with Gasteiger partial charge in [0, 0.05) is 19.1 Å². The van der Waals surface area contributed by atoms with Crippen molar-refractivity contribution in [2.75, 3.05) is 13.1 Å². The van der Waals surface area contributed by atoms with Crippen molar-refractivity contribution in [2.24, 2.45) is 11.8 Å². The molecule has 0 aromatic rings. The predicted molar refractivity (Wildman–Crippen MR) is 64.7 cm³/mol. The standard InChI is InChI=1S/C13H23NO4/c1-9(11(15)16)10-5-7-14(8-6-10)12(17)18-13(2,3)4/h9-10H,5-8H2,1-4H3,(H,15,16)/p-1. The third kappa shape index (κ3) is 4.20. The quantitative estimate of drug-likeness (QED) is 0.739. The van der Waals surface area contributed by atoms with Crippen LogP contribution in [0.1, 0.15) is 40.5 Å². The van der Waals surface area contributed by atoms with Crippen LogP contribution in [0, 0.1) is 11.8 Å². The number of amides is 1. The molecule has 0 N–H and O–H groups in total. The van der Waals surface area contributed by atoms with Crippen LogP contribution in [0.25, 0.3) is 0 Å². The zero-order valence-corrected chi connectivity index (χ0v) is 11.6. The van der Waals surface area contributed by atoms with Crippen molar-refractivity contribution < 1.29 is 19.4 Å². The van der Waals surface area contributed by atoms with Crippen LogP contribution >= 0.6 is 0 Å². The zero-order chi connectivity index (χ0) is 13.9. The number of carboxylic acids is 1. The Hall–Kier alpha value is -1.26. The van der Waals surface area contributed by atoms with Crippen molar-refractivity contribution in [3.05, 3.63) is 0 Å². The molecule has 0 aromatic carbocycles. The number of hydrogen-bond acceptors (Lipinski definition) is 4. The van der Waals surface area contributed by atoms with Gasteiger partial charge < -0.3 is 19.5 Å². The molecule has 0 saturated carbocycles. The molecule has 0 radical (unpaired) electrons. The predicted octanol–water partition coefficient (Wildman–Crippen LogP) is 1.02. The molecule has 0 spiro atoms. The third-order valence-electron chi connectivity index (χ3n) is 3.27. The lowest BCUT2D eigenvalue weighted by Crippen LogP contribution is -2.44. The topological polar surface area (TPSA) is 69.7 Å². The summed E-state index contributed by atoms with van der Waals surface area (Å²) in [6, 6.07) is 0. The second-order valence-corrected chi connectivity index (χ2v) is 5.91. The molecule has 5 nitrogen and oxygen atoms in total. The average Bonchev–Trinajstić information content (AvgIpc) is 2.26. The summed E-state index contributed by atoms with van der Waals surface area (Å²) in [6.45, 7) is 8.26. The van der Waals surface area contributed by atoms with Gasteiger partial charge in [-0.3, -0.25) is 0 Å². The number of nitrogens with zero attached hydrogens (tertiary/aromatic N) is 1. The first-order valence-corrected chi connectivity index (χ1v) is 6.39. The Labute approximate surface area is 108 Å². The van der Waals surface area contributed by atoms with Gasteiger partial charge in [-0.25, -0.2) is 4.79 Å². The van der Waals surface area contributed by atoms with Gasteiger partial charge in [0.2, 0.25) is 0 Å². The molecule has 104 valence electrons. The Bertz CT molecular complexity index is 313. The average molecular weight is 256 g/mol. The summed E-state index contributed by atoms with van der Waals surface area (Å²) in [6.07, 6.45) is 1.06. The van der Waals surface area contributed by atoms with E-state index in [1.54, 1.807) is 11.8 Å². The van der Waals surface area contributed by atoms with Crippen LogP contribution in [0.3, 0.4) is 0 Å². The molecule has 0 bridgehead atoms. The number of ether oxygens (including phenoxy) is 1. The molecule has 1 heterocycles. The van der Waals surface area contributed by atoms with E-state index in [4.69, 9.17) is 4.74 Å². The first kappa shape index (κ1) is 14.8. The van der Waals surface area contributed by atoms with Gasteiger partial charge in [0.25, 0.3) is 0 Å². The number of rotatable bonds is 2. The number of carbonyl (C=O) groups is 2. The number of piperidine rings is 1. The molecule has 18 heavy (non-hydrogen) atoms. The molecule has 1 saturated heterocycles. The first-order valence-electron chi connectivity index (χ1n) is 6.39. The van der Waals surface area contributed by atoms with E-state index >= 15 is 0 Å². The molecule has 0 aromatic heterocycles. The molecule has 1 fully saturated rings. The number of aliphatic carboxylic acids is 1. The summed E-state index contributed by atoms with van der Waals surface area (Å²) in [7, 11) is 0. The van der Waals surface area contributed by atoms with E-state index in [0.29, 0.717) is 25.9 Å². The van der Waals surface area contributed by atoms with E-state index in [-0.39, 0.29) is 12.0 Å². The second kappa shape index (κ2) is 5.59. The Morgan fingerprint density at radius 2 is 1.78 bits per heavy atom. The third-order valence-corrected chi connectivity index (χ3v) is 3.27. The fourth-order valence-corrected chi connectivity index (χ4v) is 2.10. The summed E-state index contributed by atoms with van der Waals surface area (Å²) < 4.78 is 5.28. The molecular formula is C13H22NO4-. The normalized spacial score (nSPS) is 19.4. The minimum atomic E-state index is -1.01. The van der Waals surface area contributed by atoms with Gasteiger partial charge in [0.15, 0.2) is 0 Å². The molecule has 1 unspecified atom stereocenters. The van der Waals surface area contributed by atoms with Gasteiger partial charge in [-0.2, -0.15) is 0 Å². The number of likely N-dealkylation sites (tertiary alicyclic amines) is 1. The lowest BCUT2D eigenvalue weighted by Gasteiger charge is -2.35. The molecule has 1 atom stereocenters. The maximum absolute atomic E-state index is 11.8. The summed E-state index contributed by atoms with van der Waals surface area (Å²) in [5, 5.41) is 10.8. The molecule has 1 rings (SSSR count). The van der Waals surface area contributed by atoms with Crippen molar-refractivity contribution in [3.8, 4) is 0 Å². The van der Waals surface area contributed by atoms with E-state index < -0.39 is 17.5 Å². The Morgan fingerprint density at radius 1 is 1.28 bits per heavy atom. The monoisotopic (exact) mass is 256 g/mol. The minimum Gasteiger partial charge on any atom is -0.550 e. The van der Waals surface area contributed by atoms with Gasteiger partial charge >= 0.3 is 6.09 Å². The first-order chi connectivity index (χ1) is 8.20. The summed E-state index contributed by atoms with van der Waals surface area (Å²) in [4.78, 5) is 24.2. The maximum Gasteiger partial charge on any atom is 0.410 e. The maximum atomic E-state index is 11.8. The van der Waals surface area contributed by atoms with Crippen LogP contribution in [-0.2, 0) is 9.53 Å². The van der Waals surface area contributed by atoms with Crippen molar-refractivity contribution in [1.82, 2.24) is 4.90 Å². The van der Waals surface area contributed by atoms with Crippen LogP contribution in [0.4, 0.5) is 4.79 Å². The van der Waals surface area contributed by atoms with Crippen molar-refractivity contribution in [2.45, 2.75) is 46.1 Å². The van der Waals surface area contributed by atoms with E-state index in [1.807, 2.05) is 20.8 Å². The fourth-order valence-electron chi connectivity index (χ4n) is 2.10. The summed E-state index contributed by atoms with van der Waals surface area (Å²) in [5.74, 6) is -1.37. The molecule has 1 amide bonds. The summed E-state index contributed by atoms with van der Waals surface area (Å²) in [5.41, 5.74) is -0.494. The van der Waals surface area contributed by atoms with Gasteiger partial charge in [0.1, 0.15) is 5.60 Å². The highest BCUT2D eigenvalue weighted by molar-refractivity contribution is 5.69. The van der Waals surface area contributed by atoms with Gasteiger partial charge in [-0.1, -0.05) is 6.92 Å². The van der Waals surface area contributed by atoms with Crippen LogP contribution < -0.4 is 5.11 Å². The molecule has 0 aliphatic carbocycles. The van der Waals surface area contributed by atoms with E-state index in [0.717, 1.165) is 0 Å². The van der Waals surface area contributed by atoms with E-state index in [9.17, 15) is 14.7 Å². The number of hydrogen-bond donors (Lipinski definition) is 0. The van der Waals surface area contributed by atoms with E-state index in [1.165, 1.54) is 0 Å². The van der Waals surface area contributed by atoms with Crippen LogP contribution in [-0.4, -0.2) is 35.7 Å². The Balaban J connectivity index is 2.44. The van der Waals surface area contributed by atoms with Crippen LogP contribution in [0.5, 0.6) is 0 Å². The van der Waals surface area contributed by atoms with Crippen molar-refractivity contribution >= 4 is 12.1 Å². The smallest absolute Gasteiger partial charge is 0.410 e. The Morgan fingerprint density at radius 3 is 2.17 bits per heavy atom. The lowest BCUT2D eigenvalue weighted by molar-refractivity contribution is -0.313. The van der Waals surface area contributed by atoms with Crippen molar-refractivity contribution in [3.63, 3.8) is 0 Å². The van der Waals surface area contributed by atoms with Crippen LogP contribution in [0.15, 0.2) is 0 Å². The minimum absolute atomic E-state index is 0.0914. The highest BCUT2D eigenvalue weighted by atomic mass is 16.6. The number of carbonyl (C=O) groups excluding carboxylic acids is 2. The summed E-state index contributed by atoms with van der Waals surface area (Å²) >= 11 is 0. The molecule has 1 aliphatic heterocycles. The lowest BCUT2D eigenvalue weighted by atomic mass is 9.85. The molecular weight excluding hydrogens is 234 g/mol. The van der Waals surface area contributed by atoms with E-state index in [2.05, 4.69) is 0 Å². The number of carboxylic acid groups (broad SMARTS) is 1. The SMILES string of the molecule is CC(C(=O)[O-])C1CCN(C(=O)OC(C)(C)C)CC1. The van der Waals surface area contributed by atoms with Crippen LogP contribution in [0.2, 0.25) is 0 Å². The zero-order valence-electron chi connectivity index (χ0n) is 11.6. The molecule has 1 aliphatic rings. The van der Waals surface area contributed by atoms with Crippen molar-refractivity contribution in [1.29, 1.82) is 0 Å². The highest BCUT2D eigenvalue weighted by Crippen LogP contribution is 2.25. The Kier molecular flexibility index (Phi) is 4.59. The van der Waals surface area contributed by atoms with Gasteiger partial charge in [0.05, 0.1) is 0 Å². The largest absolute Gasteiger partial charge is 0.550 e. The molecule has 5 heteroatoms. The van der Waals surface area contributed by atoms with Gasteiger partial charge in [-0.15, -0.1) is 0 Å². The fraction of sp³-hybridized carbons (Fsp3) is 0.846.